The first-order chi connectivity index (χ1) is 8.65. The highest BCUT2D eigenvalue weighted by Crippen LogP contribution is 2.40. The van der Waals surface area contributed by atoms with Gasteiger partial charge in [0.15, 0.2) is 11.5 Å². The molecule has 1 aliphatic carbocycles. The molecule has 3 rings (SSSR count). The average Bonchev–Trinajstić information content (AvgIpc) is 3.07. The fourth-order valence-corrected chi connectivity index (χ4v) is 2.32. The predicted molar refractivity (Wildman–Crippen MR) is 74.6 cm³/mol. The van der Waals surface area contributed by atoms with Crippen LogP contribution in [-0.2, 0) is 0 Å². The quantitative estimate of drug-likeness (QED) is 0.855. The predicted octanol–water partition coefficient (Wildman–Crippen LogP) is 1.85. The van der Waals surface area contributed by atoms with Gasteiger partial charge in [-0.25, -0.2) is 9.67 Å². The van der Waals surface area contributed by atoms with Crippen LogP contribution in [0.4, 0.5) is 0 Å². The summed E-state index contributed by atoms with van der Waals surface area (Å²) in [6, 6.07) is 5.63. The Morgan fingerprint density at radius 2 is 2.22 bits per heavy atom. The number of nitrogens with zero attached hydrogens (tertiary/aromatic N) is 3. The molecule has 0 unspecified atom stereocenters. The van der Waals surface area contributed by atoms with Gasteiger partial charge in [0.1, 0.15) is 0 Å². The fraction of sp³-hybridized carbons (Fsp3) is 0.250. The highest BCUT2D eigenvalue weighted by atomic mass is 127. The molecule has 0 aliphatic heterocycles. The second kappa shape index (κ2) is 4.34. The van der Waals surface area contributed by atoms with Crippen molar-refractivity contribution in [1.82, 2.24) is 14.8 Å². The van der Waals surface area contributed by atoms with Gasteiger partial charge in [0.2, 0.25) is 0 Å². The lowest BCUT2D eigenvalue weighted by Crippen LogP contribution is -2.12. The van der Waals surface area contributed by atoms with Crippen LogP contribution in [0.2, 0.25) is 0 Å². The Bertz CT molecular complexity index is 618. The van der Waals surface area contributed by atoms with Crippen molar-refractivity contribution >= 4 is 28.5 Å². The maximum atomic E-state index is 11.2. The zero-order valence-corrected chi connectivity index (χ0v) is 11.7. The van der Waals surface area contributed by atoms with Gasteiger partial charge < -0.3 is 5.73 Å². The van der Waals surface area contributed by atoms with Crippen molar-refractivity contribution in [2.45, 2.75) is 18.8 Å². The highest BCUT2D eigenvalue weighted by Gasteiger charge is 2.29. The van der Waals surface area contributed by atoms with Crippen LogP contribution in [0.5, 0.6) is 0 Å². The number of aromatic nitrogens is 3. The van der Waals surface area contributed by atoms with E-state index in [0.717, 1.165) is 27.9 Å². The molecule has 2 aromatic rings. The van der Waals surface area contributed by atoms with E-state index < -0.39 is 5.91 Å². The molecule has 92 valence electrons. The van der Waals surface area contributed by atoms with Crippen molar-refractivity contribution in [3.8, 4) is 5.82 Å². The third-order valence-corrected chi connectivity index (χ3v) is 3.58. The van der Waals surface area contributed by atoms with E-state index >= 15 is 0 Å². The molecule has 0 bridgehead atoms. The number of pyridine rings is 1. The van der Waals surface area contributed by atoms with Gasteiger partial charge in [0, 0.05) is 21.4 Å². The molecule has 2 heterocycles. The molecule has 1 aliphatic rings. The number of halogens is 1. The summed E-state index contributed by atoms with van der Waals surface area (Å²) in [6.07, 6.45) is 4.00. The molecule has 18 heavy (non-hydrogen) atoms. The van der Waals surface area contributed by atoms with Crippen molar-refractivity contribution < 1.29 is 4.79 Å². The average molecular weight is 354 g/mol. The Labute approximate surface area is 118 Å². The number of hydrogen-bond acceptors (Lipinski definition) is 3. The number of carbonyl (C=O) groups excluding carboxylic acids is 1. The number of primary amides is 1. The van der Waals surface area contributed by atoms with Gasteiger partial charge in [-0.2, -0.15) is 5.10 Å². The van der Waals surface area contributed by atoms with Gasteiger partial charge in [0.25, 0.3) is 5.91 Å². The Morgan fingerprint density at radius 3 is 2.83 bits per heavy atom. The third kappa shape index (κ3) is 2.12. The molecular weight excluding hydrogens is 343 g/mol. The lowest BCUT2D eigenvalue weighted by molar-refractivity contribution is 0.0995. The molecule has 2 N–H and O–H groups in total. The highest BCUT2D eigenvalue weighted by molar-refractivity contribution is 14.1. The van der Waals surface area contributed by atoms with Crippen LogP contribution in [0.15, 0.2) is 24.4 Å². The summed E-state index contributed by atoms with van der Waals surface area (Å²) in [5, 5.41) is 4.26. The molecule has 0 aromatic carbocycles. The molecule has 1 fully saturated rings. The van der Waals surface area contributed by atoms with E-state index in [-0.39, 0.29) is 0 Å². The smallest absolute Gasteiger partial charge is 0.269 e. The molecule has 1 saturated carbocycles. The lowest BCUT2D eigenvalue weighted by Gasteiger charge is -2.05. The van der Waals surface area contributed by atoms with Crippen molar-refractivity contribution in [1.29, 1.82) is 0 Å². The minimum atomic E-state index is -0.499. The van der Waals surface area contributed by atoms with Gasteiger partial charge in [-0.1, -0.05) is 0 Å². The fourth-order valence-electron chi connectivity index (χ4n) is 1.88. The molecule has 1 amide bonds. The molecule has 0 atom stereocenters. The molecule has 2 aromatic heterocycles. The van der Waals surface area contributed by atoms with E-state index in [1.807, 2.05) is 12.1 Å². The van der Waals surface area contributed by atoms with Crippen LogP contribution >= 0.6 is 22.6 Å². The monoisotopic (exact) mass is 354 g/mol. The normalized spacial score (nSPS) is 14.7. The van der Waals surface area contributed by atoms with Crippen molar-refractivity contribution in [2.75, 3.05) is 0 Å². The summed E-state index contributed by atoms with van der Waals surface area (Å²) < 4.78 is 2.82. The van der Waals surface area contributed by atoms with Crippen LogP contribution in [0.1, 0.15) is 34.9 Å². The first-order valence-electron chi connectivity index (χ1n) is 5.67. The third-order valence-electron chi connectivity index (χ3n) is 2.91. The number of nitrogens with two attached hydrogens (primary N) is 1. The first-order valence-corrected chi connectivity index (χ1v) is 6.75. The maximum Gasteiger partial charge on any atom is 0.269 e. The molecule has 0 spiro atoms. The first kappa shape index (κ1) is 11.6. The molecule has 0 radical (unpaired) electrons. The van der Waals surface area contributed by atoms with Gasteiger partial charge in [-0.05, 0) is 53.6 Å². The van der Waals surface area contributed by atoms with E-state index in [0.29, 0.717) is 11.6 Å². The number of hydrogen-bond donors (Lipinski definition) is 1. The van der Waals surface area contributed by atoms with Crippen LogP contribution in [0.3, 0.4) is 0 Å². The number of carbonyl (C=O) groups is 1. The number of amides is 1. The molecule has 6 heteroatoms. The summed E-state index contributed by atoms with van der Waals surface area (Å²) >= 11 is 2.22. The standard InChI is InChI=1S/C12H11IN4O/c13-8-3-4-15-11(5-8)17-10(7-1-2-7)6-9(16-17)12(14)18/h3-7H,1-2H2,(H2,14,18). The van der Waals surface area contributed by atoms with E-state index in [1.165, 1.54) is 0 Å². The van der Waals surface area contributed by atoms with E-state index in [9.17, 15) is 4.79 Å². The Hall–Kier alpha value is -1.44. The zero-order valence-electron chi connectivity index (χ0n) is 9.51. The molecule has 5 nitrogen and oxygen atoms in total. The van der Waals surface area contributed by atoms with Crippen molar-refractivity contribution in [2.24, 2.45) is 5.73 Å². The van der Waals surface area contributed by atoms with Gasteiger partial charge in [0.05, 0.1) is 0 Å². The summed E-state index contributed by atoms with van der Waals surface area (Å²) in [6.45, 7) is 0. The second-order valence-electron chi connectivity index (χ2n) is 4.34. The van der Waals surface area contributed by atoms with Crippen LogP contribution < -0.4 is 5.73 Å². The van der Waals surface area contributed by atoms with E-state index in [2.05, 4.69) is 32.7 Å². The van der Waals surface area contributed by atoms with Crippen LogP contribution in [-0.4, -0.2) is 20.7 Å². The molecular formula is C12H11IN4O. The Balaban J connectivity index is 2.12. The zero-order chi connectivity index (χ0) is 12.7. The summed E-state index contributed by atoms with van der Waals surface area (Å²) in [5.41, 5.74) is 6.62. The lowest BCUT2D eigenvalue weighted by atomic mass is 10.2. The summed E-state index contributed by atoms with van der Waals surface area (Å²) in [7, 11) is 0. The van der Waals surface area contributed by atoms with E-state index in [1.54, 1.807) is 16.9 Å². The minimum Gasteiger partial charge on any atom is -0.364 e. The van der Waals surface area contributed by atoms with Gasteiger partial charge in [-0.3, -0.25) is 4.79 Å². The van der Waals surface area contributed by atoms with E-state index in [4.69, 9.17) is 5.73 Å². The summed E-state index contributed by atoms with van der Waals surface area (Å²) in [5.74, 6) is 0.711. The van der Waals surface area contributed by atoms with Gasteiger partial charge in [-0.15, -0.1) is 0 Å². The van der Waals surface area contributed by atoms with Crippen LogP contribution in [0.25, 0.3) is 5.82 Å². The number of rotatable bonds is 3. The SMILES string of the molecule is NC(=O)c1cc(C2CC2)n(-c2cc(I)ccn2)n1. The molecule has 0 saturated heterocycles. The maximum absolute atomic E-state index is 11.2. The van der Waals surface area contributed by atoms with Crippen molar-refractivity contribution in [3.05, 3.63) is 39.4 Å². The topological polar surface area (TPSA) is 73.8 Å². The Kier molecular flexibility index (Phi) is 2.81. The summed E-state index contributed by atoms with van der Waals surface area (Å²) in [4.78, 5) is 15.5. The van der Waals surface area contributed by atoms with Gasteiger partial charge >= 0.3 is 0 Å². The second-order valence-corrected chi connectivity index (χ2v) is 5.58. The van der Waals surface area contributed by atoms with Crippen molar-refractivity contribution in [3.63, 3.8) is 0 Å². The minimum absolute atomic E-state index is 0.303. The Morgan fingerprint density at radius 1 is 1.44 bits per heavy atom. The van der Waals surface area contributed by atoms with Crippen LogP contribution in [0, 0.1) is 3.57 Å². The largest absolute Gasteiger partial charge is 0.364 e.